The first kappa shape index (κ1) is 13.4. The van der Waals surface area contributed by atoms with Gasteiger partial charge in [0.05, 0.1) is 7.11 Å². The van der Waals surface area contributed by atoms with Crippen LogP contribution in [-0.4, -0.2) is 19.2 Å². The molecule has 0 radical (unpaired) electrons. The van der Waals surface area contributed by atoms with Crippen LogP contribution in [0.5, 0.6) is 5.75 Å². The van der Waals surface area contributed by atoms with Gasteiger partial charge in [-0.1, -0.05) is 26.0 Å². The molecule has 0 aliphatic heterocycles. The summed E-state index contributed by atoms with van der Waals surface area (Å²) in [6.45, 7) is 6.10. The van der Waals surface area contributed by atoms with Gasteiger partial charge in [0.1, 0.15) is 5.75 Å². The molecule has 0 heterocycles. The largest absolute Gasteiger partial charge is 0.496 e. The van der Waals surface area contributed by atoms with Crippen LogP contribution in [0.15, 0.2) is 18.2 Å². The van der Waals surface area contributed by atoms with Crippen LogP contribution in [0.25, 0.3) is 0 Å². The van der Waals surface area contributed by atoms with Gasteiger partial charge >= 0.3 is 0 Å². The molecule has 100 valence electrons. The molecule has 1 aromatic rings. The Kier molecular flexibility index (Phi) is 3.93. The molecular formula is C15H24N2O. The summed E-state index contributed by atoms with van der Waals surface area (Å²) < 4.78 is 5.46. The van der Waals surface area contributed by atoms with Crippen LogP contribution in [0.4, 0.5) is 0 Å². The van der Waals surface area contributed by atoms with Gasteiger partial charge in [-0.3, -0.25) is 0 Å². The van der Waals surface area contributed by atoms with E-state index in [9.17, 15) is 0 Å². The first-order chi connectivity index (χ1) is 8.54. The predicted molar refractivity (Wildman–Crippen MR) is 74.9 cm³/mol. The van der Waals surface area contributed by atoms with Crippen LogP contribution < -0.4 is 15.8 Å². The van der Waals surface area contributed by atoms with E-state index in [2.05, 4.69) is 37.4 Å². The summed E-state index contributed by atoms with van der Waals surface area (Å²) >= 11 is 0. The molecule has 2 rings (SSSR count). The van der Waals surface area contributed by atoms with Crippen molar-refractivity contribution >= 4 is 0 Å². The highest BCUT2D eigenvalue weighted by Gasteiger charge is 2.37. The second-order valence-corrected chi connectivity index (χ2v) is 5.69. The average Bonchev–Trinajstić information content (AvgIpc) is 3.07. The SMILES string of the molecule is COc1cc(C(C)C)ccc1CNCC1(N)CC1. The molecule has 0 bridgehead atoms. The van der Waals surface area contributed by atoms with Gasteiger partial charge in [-0.2, -0.15) is 0 Å². The van der Waals surface area contributed by atoms with Crippen molar-refractivity contribution in [3.05, 3.63) is 29.3 Å². The summed E-state index contributed by atoms with van der Waals surface area (Å²) in [7, 11) is 1.73. The van der Waals surface area contributed by atoms with Crippen LogP contribution in [0.3, 0.4) is 0 Å². The van der Waals surface area contributed by atoms with E-state index < -0.39 is 0 Å². The van der Waals surface area contributed by atoms with E-state index in [0.29, 0.717) is 5.92 Å². The third-order valence-electron chi connectivity index (χ3n) is 3.66. The minimum absolute atomic E-state index is 0.0606. The lowest BCUT2D eigenvalue weighted by Crippen LogP contribution is -2.35. The van der Waals surface area contributed by atoms with Crippen molar-refractivity contribution in [3.63, 3.8) is 0 Å². The first-order valence-electron chi connectivity index (χ1n) is 6.70. The highest BCUT2D eigenvalue weighted by atomic mass is 16.5. The first-order valence-corrected chi connectivity index (χ1v) is 6.70. The van der Waals surface area contributed by atoms with Crippen molar-refractivity contribution in [2.45, 2.75) is 44.7 Å². The van der Waals surface area contributed by atoms with Crippen LogP contribution in [-0.2, 0) is 6.54 Å². The Morgan fingerprint density at radius 3 is 2.67 bits per heavy atom. The van der Waals surface area contributed by atoms with Crippen molar-refractivity contribution in [2.24, 2.45) is 5.73 Å². The predicted octanol–water partition coefficient (Wildman–Crippen LogP) is 2.40. The van der Waals surface area contributed by atoms with E-state index in [0.717, 1.165) is 31.7 Å². The van der Waals surface area contributed by atoms with Crippen LogP contribution in [0.1, 0.15) is 43.7 Å². The molecule has 1 aliphatic rings. The minimum atomic E-state index is 0.0606. The number of benzene rings is 1. The molecule has 0 amide bonds. The van der Waals surface area contributed by atoms with E-state index in [4.69, 9.17) is 10.5 Å². The van der Waals surface area contributed by atoms with E-state index in [1.54, 1.807) is 7.11 Å². The topological polar surface area (TPSA) is 47.3 Å². The summed E-state index contributed by atoms with van der Waals surface area (Å²) in [5, 5.41) is 3.42. The van der Waals surface area contributed by atoms with Gasteiger partial charge < -0.3 is 15.8 Å². The molecule has 0 spiro atoms. The zero-order chi connectivity index (χ0) is 13.2. The summed E-state index contributed by atoms with van der Waals surface area (Å²) in [5.41, 5.74) is 8.63. The zero-order valence-corrected chi connectivity index (χ0v) is 11.6. The molecule has 1 fully saturated rings. The van der Waals surface area contributed by atoms with Gasteiger partial charge in [0.15, 0.2) is 0 Å². The Bertz CT molecular complexity index is 411. The van der Waals surface area contributed by atoms with Crippen molar-refractivity contribution in [1.82, 2.24) is 5.32 Å². The second kappa shape index (κ2) is 5.29. The monoisotopic (exact) mass is 248 g/mol. The van der Waals surface area contributed by atoms with E-state index in [1.165, 1.54) is 11.1 Å². The Labute approximate surface area is 110 Å². The van der Waals surface area contributed by atoms with E-state index in [1.807, 2.05) is 0 Å². The number of ether oxygens (including phenoxy) is 1. The third-order valence-corrected chi connectivity index (χ3v) is 3.66. The standard InChI is InChI=1S/C15H24N2O/c1-11(2)12-4-5-13(14(8-12)18-3)9-17-10-15(16)6-7-15/h4-5,8,11,17H,6-7,9-10,16H2,1-3H3. The van der Waals surface area contributed by atoms with Gasteiger partial charge in [0.2, 0.25) is 0 Å². The highest BCUT2D eigenvalue weighted by Crippen LogP contribution is 2.31. The van der Waals surface area contributed by atoms with Gasteiger partial charge in [0, 0.05) is 24.2 Å². The molecule has 1 aromatic carbocycles. The molecule has 1 saturated carbocycles. The van der Waals surface area contributed by atoms with Crippen molar-refractivity contribution < 1.29 is 4.74 Å². The number of methoxy groups -OCH3 is 1. The molecule has 0 saturated heterocycles. The maximum Gasteiger partial charge on any atom is 0.123 e. The quantitative estimate of drug-likeness (QED) is 0.812. The Morgan fingerprint density at radius 1 is 1.39 bits per heavy atom. The summed E-state index contributed by atoms with van der Waals surface area (Å²) in [6, 6.07) is 6.47. The molecular weight excluding hydrogens is 224 g/mol. The number of rotatable bonds is 6. The summed E-state index contributed by atoms with van der Waals surface area (Å²) in [5.74, 6) is 1.50. The molecule has 3 nitrogen and oxygen atoms in total. The maximum atomic E-state index is 6.05. The lowest BCUT2D eigenvalue weighted by Gasteiger charge is -2.14. The molecule has 0 unspecified atom stereocenters. The fraction of sp³-hybridized carbons (Fsp3) is 0.600. The third kappa shape index (κ3) is 3.24. The molecule has 0 aromatic heterocycles. The van der Waals surface area contributed by atoms with E-state index >= 15 is 0 Å². The summed E-state index contributed by atoms with van der Waals surface area (Å²) in [4.78, 5) is 0. The van der Waals surface area contributed by atoms with Gasteiger partial charge in [-0.25, -0.2) is 0 Å². The molecule has 3 heteroatoms. The Hall–Kier alpha value is -1.06. The summed E-state index contributed by atoms with van der Waals surface area (Å²) in [6.07, 6.45) is 2.28. The lowest BCUT2D eigenvalue weighted by molar-refractivity contribution is 0.406. The number of hydrogen-bond acceptors (Lipinski definition) is 3. The van der Waals surface area contributed by atoms with Gasteiger partial charge in [-0.05, 0) is 30.4 Å². The van der Waals surface area contributed by atoms with Crippen molar-refractivity contribution in [2.75, 3.05) is 13.7 Å². The maximum absolute atomic E-state index is 6.05. The number of nitrogens with two attached hydrogens (primary N) is 1. The minimum Gasteiger partial charge on any atom is -0.496 e. The van der Waals surface area contributed by atoms with Crippen molar-refractivity contribution in [3.8, 4) is 5.75 Å². The molecule has 0 atom stereocenters. The molecule has 3 N–H and O–H groups in total. The number of hydrogen-bond donors (Lipinski definition) is 2. The van der Waals surface area contributed by atoms with Crippen LogP contribution in [0, 0.1) is 0 Å². The van der Waals surface area contributed by atoms with Gasteiger partial charge in [-0.15, -0.1) is 0 Å². The van der Waals surface area contributed by atoms with Crippen LogP contribution in [0.2, 0.25) is 0 Å². The fourth-order valence-corrected chi connectivity index (χ4v) is 2.05. The zero-order valence-electron chi connectivity index (χ0n) is 11.6. The lowest BCUT2D eigenvalue weighted by atomic mass is 10.0. The van der Waals surface area contributed by atoms with Gasteiger partial charge in [0.25, 0.3) is 0 Å². The fourth-order valence-electron chi connectivity index (χ4n) is 2.05. The van der Waals surface area contributed by atoms with E-state index in [-0.39, 0.29) is 5.54 Å². The Balaban J connectivity index is 1.98. The average molecular weight is 248 g/mol. The number of nitrogens with one attached hydrogen (secondary N) is 1. The van der Waals surface area contributed by atoms with Crippen LogP contribution >= 0.6 is 0 Å². The normalized spacial score (nSPS) is 16.9. The molecule has 18 heavy (non-hydrogen) atoms. The Morgan fingerprint density at radius 2 is 2.11 bits per heavy atom. The smallest absolute Gasteiger partial charge is 0.123 e. The van der Waals surface area contributed by atoms with Crippen molar-refractivity contribution in [1.29, 1.82) is 0 Å². The second-order valence-electron chi connectivity index (χ2n) is 5.69. The highest BCUT2D eigenvalue weighted by molar-refractivity contribution is 5.38. The molecule has 1 aliphatic carbocycles.